The number of fused-ring (bicyclic) bond motifs is 1. The van der Waals surface area contributed by atoms with E-state index < -0.39 is 0 Å². The lowest BCUT2D eigenvalue weighted by atomic mass is 9.98. The lowest BCUT2D eigenvalue weighted by molar-refractivity contribution is 0.313. The maximum absolute atomic E-state index is 14.7. The highest BCUT2D eigenvalue weighted by Gasteiger charge is 2.16. The molecule has 0 spiro atoms. The Labute approximate surface area is 215 Å². The molecule has 1 fully saturated rings. The van der Waals surface area contributed by atoms with Gasteiger partial charge in [0.15, 0.2) is 5.65 Å². The molecule has 2 aromatic carbocycles. The third-order valence-electron chi connectivity index (χ3n) is 6.97. The lowest BCUT2D eigenvalue weighted by Crippen LogP contribution is -2.44. The number of nitrogens with two attached hydrogens (primary N) is 1. The van der Waals surface area contributed by atoms with Gasteiger partial charge in [0, 0.05) is 78.2 Å². The van der Waals surface area contributed by atoms with Crippen molar-refractivity contribution in [2.75, 3.05) is 43.9 Å². The van der Waals surface area contributed by atoms with E-state index in [1.54, 1.807) is 18.3 Å². The molecule has 6 rings (SSSR count). The molecule has 0 atom stereocenters. The maximum atomic E-state index is 14.7. The van der Waals surface area contributed by atoms with Gasteiger partial charge in [-0.15, -0.1) is 0 Å². The summed E-state index contributed by atoms with van der Waals surface area (Å²) in [6.45, 7) is 4.21. The number of piperazine rings is 1. The van der Waals surface area contributed by atoms with Gasteiger partial charge in [-0.3, -0.25) is 4.98 Å². The van der Waals surface area contributed by atoms with Crippen molar-refractivity contribution >= 4 is 22.4 Å². The fraction of sp³-hybridized carbons (Fsp3) is 0.167. The largest absolute Gasteiger partial charge is 0.399 e. The van der Waals surface area contributed by atoms with Gasteiger partial charge in [-0.2, -0.15) is 0 Å². The highest BCUT2D eigenvalue weighted by atomic mass is 19.1. The van der Waals surface area contributed by atoms with Crippen LogP contribution in [0, 0.1) is 5.82 Å². The van der Waals surface area contributed by atoms with Crippen LogP contribution in [-0.4, -0.2) is 53.1 Å². The molecule has 1 aliphatic heterocycles. The van der Waals surface area contributed by atoms with E-state index in [9.17, 15) is 4.39 Å². The van der Waals surface area contributed by atoms with E-state index in [2.05, 4.69) is 62.1 Å². The molecule has 2 N–H and O–H groups in total. The molecule has 0 bridgehead atoms. The standard InChI is InChI=1S/C30H27FN6/c1-36-11-13-37(14-12-36)24-7-4-20(5-8-24)21-15-22(19-33-18-21)26-17-29(27-16-23(32)6-9-28(27)31)35-30-25(26)3-2-10-34-30/h2-10,15-19H,11-14,32H2,1H3. The van der Waals surface area contributed by atoms with Crippen LogP contribution in [0.1, 0.15) is 0 Å². The molecule has 4 heterocycles. The third kappa shape index (κ3) is 4.61. The van der Waals surface area contributed by atoms with Crippen LogP contribution in [0.2, 0.25) is 0 Å². The summed E-state index contributed by atoms with van der Waals surface area (Å²) >= 11 is 0. The number of hydrogen-bond donors (Lipinski definition) is 1. The fourth-order valence-corrected chi connectivity index (χ4v) is 4.85. The molecule has 0 radical (unpaired) electrons. The predicted molar refractivity (Wildman–Crippen MR) is 148 cm³/mol. The Kier molecular flexibility index (Phi) is 5.98. The summed E-state index contributed by atoms with van der Waals surface area (Å²) in [5.74, 6) is -0.379. The summed E-state index contributed by atoms with van der Waals surface area (Å²) in [4.78, 5) is 18.4. The van der Waals surface area contributed by atoms with Crippen molar-refractivity contribution in [1.82, 2.24) is 19.9 Å². The number of nitrogen functional groups attached to an aromatic ring is 1. The number of hydrogen-bond acceptors (Lipinski definition) is 6. The average molecular weight is 491 g/mol. The fourth-order valence-electron chi connectivity index (χ4n) is 4.85. The highest BCUT2D eigenvalue weighted by Crippen LogP contribution is 2.34. The normalized spacial score (nSPS) is 14.3. The van der Waals surface area contributed by atoms with Crippen LogP contribution >= 0.6 is 0 Å². The zero-order valence-electron chi connectivity index (χ0n) is 20.6. The summed E-state index contributed by atoms with van der Waals surface area (Å²) in [5, 5.41) is 0.875. The van der Waals surface area contributed by atoms with Crippen molar-refractivity contribution in [2.24, 2.45) is 0 Å². The van der Waals surface area contributed by atoms with Crippen LogP contribution < -0.4 is 10.6 Å². The first-order valence-electron chi connectivity index (χ1n) is 12.4. The Hall–Kier alpha value is -4.36. The molecule has 0 unspecified atom stereocenters. The lowest BCUT2D eigenvalue weighted by Gasteiger charge is -2.34. The molecular formula is C30H27FN6. The van der Waals surface area contributed by atoms with Crippen LogP contribution in [-0.2, 0) is 0 Å². The van der Waals surface area contributed by atoms with Gasteiger partial charge in [0.2, 0.25) is 0 Å². The third-order valence-corrected chi connectivity index (χ3v) is 6.97. The molecule has 5 aromatic rings. The molecule has 1 saturated heterocycles. The van der Waals surface area contributed by atoms with Crippen molar-refractivity contribution < 1.29 is 4.39 Å². The smallest absolute Gasteiger partial charge is 0.160 e. The Bertz CT molecular complexity index is 1580. The minimum atomic E-state index is -0.379. The van der Waals surface area contributed by atoms with Crippen molar-refractivity contribution in [3.05, 3.63) is 91.1 Å². The number of anilines is 2. The second-order valence-corrected chi connectivity index (χ2v) is 9.47. The van der Waals surface area contributed by atoms with Crippen molar-refractivity contribution in [3.8, 4) is 33.5 Å². The van der Waals surface area contributed by atoms with E-state index in [4.69, 9.17) is 5.73 Å². The van der Waals surface area contributed by atoms with Crippen LogP contribution in [0.5, 0.6) is 0 Å². The van der Waals surface area contributed by atoms with Gasteiger partial charge in [0.05, 0.1) is 5.69 Å². The zero-order valence-corrected chi connectivity index (χ0v) is 20.6. The van der Waals surface area contributed by atoms with E-state index in [1.807, 2.05) is 30.6 Å². The predicted octanol–water partition coefficient (Wildman–Crippen LogP) is 5.50. The van der Waals surface area contributed by atoms with Crippen LogP contribution in [0.3, 0.4) is 0 Å². The van der Waals surface area contributed by atoms with E-state index in [1.165, 1.54) is 11.8 Å². The number of nitrogens with zero attached hydrogens (tertiary/aromatic N) is 5. The SMILES string of the molecule is CN1CCN(c2ccc(-c3cncc(-c4cc(-c5cc(N)ccc5F)nc5ncccc45)c3)cc2)CC1. The summed E-state index contributed by atoms with van der Waals surface area (Å²) in [7, 11) is 2.16. The number of halogens is 1. The quantitative estimate of drug-likeness (QED) is 0.336. The molecule has 6 nitrogen and oxygen atoms in total. The number of aromatic nitrogens is 3. The van der Waals surface area contributed by atoms with Crippen molar-refractivity contribution in [3.63, 3.8) is 0 Å². The molecule has 0 aliphatic carbocycles. The Balaban J connectivity index is 1.39. The Morgan fingerprint density at radius 2 is 1.59 bits per heavy atom. The van der Waals surface area contributed by atoms with Gasteiger partial charge in [0.25, 0.3) is 0 Å². The van der Waals surface area contributed by atoms with E-state index in [0.717, 1.165) is 53.8 Å². The zero-order chi connectivity index (χ0) is 25.4. The molecule has 3 aromatic heterocycles. The highest BCUT2D eigenvalue weighted by molar-refractivity contribution is 5.95. The monoisotopic (exact) mass is 490 g/mol. The Morgan fingerprint density at radius 3 is 2.41 bits per heavy atom. The molecule has 1 aliphatic rings. The first-order valence-corrected chi connectivity index (χ1v) is 12.4. The minimum Gasteiger partial charge on any atom is -0.399 e. The van der Waals surface area contributed by atoms with Crippen LogP contribution in [0.25, 0.3) is 44.5 Å². The minimum absolute atomic E-state index is 0.345. The number of rotatable bonds is 4. The molecule has 7 heteroatoms. The first kappa shape index (κ1) is 23.1. The maximum Gasteiger partial charge on any atom is 0.160 e. The summed E-state index contributed by atoms with van der Waals surface area (Å²) in [5.41, 5.74) is 12.9. The molecule has 0 amide bonds. The first-order chi connectivity index (χ1) is 18.0. The van der Waals surface area contributed by atoms with Crippen molar-refractivity contribution in [2.45, 2.75) is 0 Å². The summed E-state index contributed by atoms with van der Waals surface area (Å²) < 4.78 is 14.7. The van der Waals surface area contributed by atoms with Crippen molar-refractivity contribution in [1.29, 1.82) is 0 Å². The van der Waals surface area contributed by atoms with Gasteiger partial charge < -0.3 is 15.5 Å². The van der Waals surface area contributed by atoms with Gasteiger partial charge in [-0.1, -0.05) is 12.1 Å². The molecule has 37 heavy (non-hydrogen) atoms. The molecule has 0 saturated carbocycles. The van der Waals surface area contributed by atoms with Gasteiger partial charge >= 0.3 is 0 Å². The Morgan fingerprint density at radius 1 is 0.811 bits per heavy atom. The summed E-state index contributed by atoms with van der Waals surface area (Å²) in [6, 6.07) is 21.0. The number of benzene rings is 2. The molecular weight excluding hydrogens is 463 g/mol. The number of pyridine rings is 3. The average Bonchev–Trinajstić information content (AvgIpc) is 2.94. The summed E-state index contributed by atoms with van der Waals surface area (Å²) in [6.07, 6.45) is 5.38. The van der Waals surface area contributed by atoms with Gasteiger partial charge in [0.1, 0.15) is 5.82 Å². The van der Waals surface area contributed by atoms with E-state index >= 15 is 0 Å². The number of likely N-dealkylation sites (N-methyl/N-ethyl adjacent to an activating group) is 1. The van der Waals surface area contributed by atoms with Crippen LogP contribution in [0.4, 0.5) is 15.8 Å². The van der Waals surface area contributed by atoms with Crippen LogP contribution in [0.15, 0.2) is 85.3 Å². The van der Waals surface area contributed by atoms with E-state index in [0.29, 0.717) is 22.6 Å². The van der Waals surface area contributed by atoms with Gasteiger partial charge in [-0.25, -0.2) is 14.4 Å². The van der Waals surface area contributed by atoms with E-state index in [-0.39, 0.29) is 5.82 Å². The topological polar surface area (TPSA) is 71.2 Å². The second-order valence-electron chi connectivity index (χ2n) is 9.47. The molecule has 184 valence electrons. The second kappa shape index (κ2) is 9.59. The van der Waals surface area contributed by atoms with Gasteiger partial charge in [-0.05, 0) is 72.8 Å².